The third-order valence-corrected chi connectivity index (χ3v) is 7.64. The summed E-state index contributed by atoms with van der Waals surface area (Å²) in [5.74, 6) is 0.414. The topological polar surface area (TPSA) is 81.4 Å². The summed E-state index contributed by atoms with van der Waals surface area (Å²) in [7, 11) is 1.33. The number of carbonyl (C=O) groups excluding carboxylic acids is 2. The highest BCUT2D eigenvalue weighted by Gasteiger charge is 2.36. The highest BCUT2D eigenvalue weighted by molar-refractivity contribution is 7.12. The number of aromatic nitrogens is 3. The van der Waals surface area contributed by atoms with Gasteiger partial charge in [-0.3, -0.25) is 0 Å². The van der Waals surface area contributed by atoms with Crippen molar-refractivity contribution in [2.24, 2.45) is 0 Å². The van der Waals surface area contributed by atoms with Crippen molar-refractivity contribution in [2.45, 2.75) is 19.5 Å². The standard InChI is InChI=1S/C29H25N5O3S/c1-19-22-18-33(29(36)30-23-15-17-38-26(23)28(35)37-2)25(20-10-5-3-6-11-20)24-14-9-16-32(24)27(22)34(31-19)21-12-7-4-8-13-21/h3-17,25H,18H2,1-2H3,(H,30,36)/t25-/m1/s1. The average molecular weight is 524 g/mol. The van der Waals surface area contributed by atoms with Crippen LogP contribution in [0.5, 0.6) is 0 Å². The summed E-state index contributed by atoms with van der Waals surface area (Å²) in [6.07, 6.45) is 2.01. The van der Waals surface area contributed by atoms with Crippen molar-refractivity contribution in [1.82, 2.24) is 19.2 Å². The zero-order chi connectivity index (χ0) is 26.2. The number of carbonyl (C=O) groups is 2. The lowest BCUT2D eigenvalue weighted by Gasteiger charge is -2.31. The van der Waals surface area contributed by atoms with E-state index in [9.17, 15) is 9.59 Å². The SMILES string of the molecule is COC(=O)c1sccc1NC(=O)N1Cc2c(C)nn(-c3ccccc3)c2-n2cccc2[C@H]1c1ccccc1. The van der Waals surface area contributed by atoms with Crippen molar-refractivity contribution < 1.29 is 14.3 Å². The molecule has 0 radical (unpaired) electrons. The lowest BCUT2D eigenvalue weighted by atomic mass is 10.0. The van der Waals surface area contributed by atoms with Crippen LogP contribution in [0.3, 0.4) is 0 Å². The highest BCUT2D eigenvalue weighted by atomic mass is 32.1. The molecule has 0 spiro atoms. The van der Waals surface area contributed by atoms with Crippen molar-refractivity contribution in [1.29, 1.82) is 0 Å². The summed E-state index contributed by atoms with van der Waals surface area (Å²) >= 11 is 1.23. The van der Waals surface area contributed by atoms with E-state index in [1.807, 2.05) is 90.6 Å². The minimum absolute atomic E-state index is 0.318. The highest BCUT2D eigenvalue weighted by Crippen LogP contribution is 2.39. The van der Waals surface area contributed by atoms with Gasteiger partial charge < -0.3 is 19.5 Å². The molecule has 0 saturated carbocycles. The van der Waals surface area contributed by atoms with Crippen LogP contribution in [0.1, 0.15) is 38.2 Å². The van der Waals surface area contributed by atoms with Gasteiger partial charge in [-0.25, -0.2) is 14.3 Å². The molecule has 9 heteroatoms. The number of thiophene rings is 1. The van der Waals surface area contributed by atoms with Crippen LogP contribution >= 0.6 is 11.3 Å². The Bertz CT molecular complexity index is 1620. The summed E-state index contributed by atoms with van der Waals surface area (Å²) in [5, 5.41) is 9.61. The van der Waals surface area contributed by atoms with Crippen molar-refractivity contribution in [2.75, 3.05) is 12.4 Å². The number of methoxy groups -OCH3 is 1. The molecule has 5 aromatic rings. The van der Waals surface area contributed by atoms with E-state index in [0.717, 1.165) is 34.0 Å². The normalized spacial score (nSPS) is 14.4. The number of amides is 2. The number of nitrogens with zero attached hydrogens (tertiary/aromatic N) is 4. The molecular formula is C29H25N5O3S. The van der Waals surface area contributed by atoms with Gasteiger partial charge in [-0.2, -0.15) is 5.10 Å². The Kier molecular flexibility index (Phi) is 6.05. The van der Waals surface area contributed by atoms with E-state index in [1.165, 1.54) is 18.4 Å². The first kappa shape index (κ1) is 23.7. The maximum Gasteiger partial charge on any atom is 0.350 e. The molecule has 0 fully saturated rings. The second-order valence-corrected chi connectivity index (χ2v) is 9.88. The molecule has 38 heavy (non-hydrogen) atoms. The fourth-order valence-corrected chi connectivity index (χ4v) is 5.75. The van der Waals surface area contributed by atoms with Crippen LogP contribution in [0, 0.1) is 6.92 Å². The number of hydrogen-bond donors (Lipinski definition) is 1. The van der Waals surface area contributed by atoms with Crippen LogP contribution in [0.4, 0.5) is 10.5 Å². The average Bonchev–Trinajstić information content (AvgIpc) is 3.66. The first-order chi connectivity index (χ1) is 18.6. The molecule has 1 aliphatic heterocycles. The van der Waals surface area contributed by atoms with Crippen LogP contribution in [-0.4, -0.2) is 38.4 Å². The summed E-state index contributed by atoms with van der Waals surface area (Å²) in [5.41, 5.74) is 5.05. The Balaban J connectivity index is 1.51. The first-order valence-electron chi connectivity index (χ1n) is 12.2. The molecule has 3 aromatic heterocycles. The van der Waals surface area contributed by atoms with Gasteiger partial charge in [0, 0.05) is 11.8 Å². The number of aryl methyl sites for hydroxylation is 1. The fraction of sp³-hybridized carbons (Fsp3) is 0.138. The van der Waals surface area contributed by atoms with Crippen LogP contribution < -0.4 is 5.32 Å². The van der Waals surface area contributed by atoms with Gasteiger partial charge >= 0.3 is 12.0 Å². The van der Waals surface area contributed by atoms with Crippen molar-refractivity contribution in [3.8, 4) is 11.5 Å². The molecule has 0 bridgehead atoms. The molecule has 2 aromatic carbocycles. The number of urea groups is 1. The maximum atomic E-state index is 14.0. The van der Waals surface area contributed by atoms with Gasteiger partial charge in [0.25, 0.3) is 0 Å². The van der Waals surface area contributed by atoms with Gasteiger partial charge in [-0.1, -0.05) is 48.5 Å². The monoisotopic (exact) mass is 523 g/mol. The number of benzene rings is 2. The Morgan fingerprint density at radius 3 is 2.47 bits per heavy atom. The van der Waals surface area contributed by atoms with Gasteiger partial charge in [-0.15, -0.1) is 11.3 Å². The third kappa shape index (κ3) is 3.97. The Morgan fingerprint density at radius 1 is 1.00 bits per heavy atom. The van der Waals surface area contributed by atoms with Gasteiger partial charge in [-0.05, 0) is 48.2 Å². The van der Waals surface area contributed by atoms with Crippen LogP contribution in [0.15, 0.2) is 90.4 Å². The summed E-state index contributed by atoms with van der Waals surface area (Å²) < 4.78 is 8.97. The molecule has 190 valence electrons. The molecule has 1 atom stereocenters. The zero-order valence-electron chi connectivity index (χ0n) is 20.9. The lowest BCUT2D eigenvalue weighted by molar-refractivity contribution is 0.0607. The molecule has 6 rings (SSSR count). The minimum atomic E-state index is -0.484. The molecule has 0 aliphatic carbocycles. The maximum absolute atomic E-state index is 14.0. The minimum Gasteiger partial charge on any atom is -0.465 e. The summed E-state index contributed by atoms with van der Waals surface area (Å²) in [4.78, 5) is 28.5. The number of para-hydroxylation sites is 1. The van der Waals surface area contributed by atoms with Crippen molar-refractivity contribution in [3.63, 3.8) is 0 Å². The molecule has 0 saturated heterocycles. The van der Waals surface area contributed by atoms with E-state index >= 15 is 0 Å². The molecule has 1 aliphatic rings. The zero-order valence-corrected chi connectivity index (χ0v) is 21.7. The molecular weight excluding hydrogens is 498 g/mol. The van der Waals surface area contributed by atoms with Gasteiger partial charge in [0.15, 0.2) is 0 Å². The Hall–Kier alpha value is -4.63. The van der Waals surface area contributed by atoms with Crippen LogP contribution in [0.2, 0.25) is 0 Å². The number of fused-ring (bicyclic) bond motifs is 3. The van der Waals surface area contributed by atoms with E-state index in [0.29, 0.717) is 17.1 Å². The smallest absolute Gasteiger partial charge is 0.350 e. The van der Waals surface area contributed by atoms with E-state index in [4.69, 9.17) is 9.84 Å². The number of hydrogen-bond acceptors (Lipinski definition) is 5. The quantitative estimate of drug-likeness (QED) is 0.295. The number of nitrogens with one attached hydrogen (secondary N) is 1. The van der Waals surface area contributed by atoms with Crippen LogP contribution in [0.25, 0.3) is 11.5 Å². The predicted octanol–water partition coefficient (Wildman–Crippen LogP) is 5.96. The number of anilines is 1. The second kappa shape index (κ2) is 9.68. The molecule has 1 N–H and O–H groups in total. The van der Waals surface area contributed by atoms with Gasteiger partial charge in [0.05, 0.1) is 42.5 Å². The largest absolute Gasteiger partial charge is 0.465 e. The van der Waals surface area contributed by atoms with E-state index in [2.05, 4.69) is 9.88 Å². The second-order valence-electron chi connectivity index (χ2n) is 8.96. The summed E-state index contributed by atoms with van der Waals surface area (Å²) in [6, 6.07) is 25.0. The Morgan fingerprint density at radius 2 is 1.74 bits per heavy atom. The molecule has 4 heterocycles. The number of ether oxygens (including phenoxy) is 1. The lowest BCUT2D eigenvalue weighted by Crippen LogP contribution is -2.38. The third-order valence-electron chi connectivity index (χ3n) is 6.74. The Labute approximate surface area is 223 Å². The fourth-order valence-electron chi connectivity index (χ4n) is 4.98. The first-order valence-corrected chi connectivity index (χ1v) is 13.0. The predicted molar refractivity (Wildman–Crippen MR) is 146 cm³/mol. The van der Waals surface area contributed by atoms with E-state index in [-0.39, 0.29) is 12.1 Å². The van der Waals surface area contributed by atoms with Crippen LogP contribution in [-0.2, 0) is 11.3 Å². The van der Waals surface area contributed by atoms with Crippen molar-refractivity contribution >= 4 is 29.0 Å². The summed E-state index contributed by atoms with van der Waals surface area (Å²) in [6.45, 7) is 2.29. The number of esters is 1. The van der Waals surface area contributed by atoms with Gasteiger partial charge in [0.1, 0.15) is 10.7 Å². The van der Waals surface area contributed by atoms with Gasteiger partial charge in [0.2, 0.25) is 0 Å². The molecule has 0 unspecified atom stereocenters. The number of rotatable bonds is 4. The molecule has 8 nitrogen and oxygen atoms in total. The van der Waals surface area contributed by atoms with Crippen molar-refractivity contribution in [3.05, 3.63) is 118 Å². The van der Waals surface area contributed by atoms with E-state index < -0.39 is 5.97 Å². The van der Waals surface area contributed by atoms with E-state index in [1.54, 1.807) is 16.3 Å². The molecule has 2 amide bonds.